The molecule has 2 aromatic rings. The van der Waals surface area contributed by atoms with Gasteiger partial charge in [-0.05, 0) is 18.6 Å². The fourth-order valence-corrected chi connectivity index (χ4v) is 2.71. The molecular weight excluding hydrogens is 374 g/mol. The van der Waals surface area contributed by atoms with Crippen LogP contribution in [0.1, 0.15) is 30.1 Å². The summed E-state index contributed by atoms with van der Waals surface area (Å²) in [7, 11) is 1.39. The molecule has 0 radical (unpaired) electrons. The van der Waals surface area contributed by atoms with E-state index in [1.54, 1.807) is 0 Å². The number of hydrogen-bond donors (Lipinski definition) is 2. The number of ether oxygens (including phenoxy) is 1. The fraction of sp³-hybridized carbons (Fsp3) is 0.389. The topological polar surface area (TPSA) is 110 Å². The van der Waals surface area contributed by atoms with Gasteiger partial charge in [0.15, 0.2) is 5.69 Å². The lowest BCUT2D eigenvalue weighted by Gasteiger charge is -2.24. The number of carbonyl (C=O) groups excluding carboxylic acids is 1. The number of nitrogens with two attached hydrogens (primary N) is 1. The quantitative estimate of drug-likeness (QED) is 0.702. The van der Waals surface area contributed by atoms with Crippen molar-refractivity contribution in [3.63, 3.8) is 0 Å². The maximum Gasteiger partial charge on any atom is 0.330 e. The minimum atomic E-state index is -0.940. The molecule has 0 saturated carbocycles. The Bertz CT molecular complexity index is 951. The van der Waals surface area contributed by atoms with Gasteiger partial charge in [0.2, 0.25) is 0 Å². The lowest BCUT2D eigenvalue weighted by atomic mass is 10.1. The third-order valence-corrected chi connectivity index (χ3v) is 4.09. The van der Waals surface area contributed by atoms with Crippen molar-refractivity contribution in [3.05, 3.63) is 56.2 Å². The predicted octanol–water partition coefficient (Wildman–Crippen LogP) is 1.49. The summed E-state index contributed by atoms with van der Waals surface area (Å²) in [5.41, 5.74) is 3.88. The standard InChI is InChI=1S/C18H22F2N4O4/c1-3-4-5-24-15(21)14(16(25)22-18(24)27)23(6-7-28-2)17(26)11-8-12(19)10-13(20)9-11/h8-10H,3-7,21H2,1-2H3,(H,22,25,27). The van der Waals surface area contributed by atoms with Crippen molar-refractivity contribution < 1.29 is 18.3 Å². The summed E-state index contributed by atoms with van der Waals surface area (Å²) < 4.78 is 33.2. The Kier molecular flexibility index (Phi) is 7.05. The monoisotopic (exact) mass is 396 g/mol. The molecule has 8 nitrogen and oxygen atoms in total. The van der Waals surface area contributed by atoms with Crippen LogP contribution >= 0.6 is 0 Å². The number of aromatic nitrogens is 2. The van der Waals surface area contributed by atoms with Gasteiger partial charge >= 0.3 is 5.69 Å². The van der Waals surface area contributed by atoms with Gasteiger partial charge in [0, 0.05) is 31.8 Å². The molecule has 0 unspecified atom stereocenters. The van der Waals surface area contributed by atoms with E-state index < -0.39 is 28.8 Å². The number of methoxy groups -OCH3 is 1. The van der Waals surface area contributed by atoms with Crippen molar-refractivity contribution >= 4 is 17.4 Å². The Balaban J connectivity index is 2.60. The van der Waals surface area contributed by atoms with E-state index in [-0.39, 0.29) is 36.8 Å². The van der Waals surface area contributed by atoms with E-state index in [9.17, 15) is 23.2 Å². The first-order valence-electron chi connectivity index (χ1n) is 8.69. The molecule has 10 heteroatoms. The molecular formula is C18H22F2N4O4. The summed E-state index contributed by atoms with van der Waals surface area (Å²) in [5.74, 6) is -2.94. The molecule has 0 atom stereocenters. The van der Waals surface area contributed by atoms with Gasteiger partial charge in [-0.1, -0.05) is 13.3 Å². The smallest absolute Gasteiger partial charge is 0.330 e. The van der Waals surface area contributed by atoms with Gasteiger partial charge < -0.3 is 10.5 Å². The van der Waals surface area contributed by atoms with Crippen LogP contribution in [0.15, 0.2) is 27.8 Å². The van der Waals surface area contributed by atoms with Crippen LogP contribution in [0.2, 0.25) is 0 Å². The fourth-order valence-electron chi connectivity index (χ4n) is 2.71. The summed E-state index contributed by atoms with van der Waals surface area (Å²) in [6.07, 6.45) is 1.39. The number of aromatic amines is 1. The third-order valence-electron chi connectivity index (χ3n) is 4.09. The average molecular weight is 396 g/mol. The Hall–Kier alpha value is -3.01. The lowest BCUT2D eigenvalue weighted by molar-refractivity contribution is 0.0974. The number of amides is 1. The van der Waals surface area contributed by atoms with Crippen molar-refractivity contribution in [3.8, 4) is 0 Å². The second kappa shape index (κ2) is 9.27. The number of rotatable bonds is 8. The summed E-state index contributed by atoms with van der Waals surface area (Å²) in [6.45, 7) is 2.07. The zero-order valence-corrected chi connectivity index (χ0v) is 15.6. The van der Waals surface area contributed by atoms with Crippen LogP contribution in [-0.2, 0) is 11.3 Å². The Morgan fingerprint density at radius 1 is 1.25 bits per heavy atom. The number of nitrogens with one attached hydrogen (secondary N) is 1. The van der Waals surface area contributed by atoms with Gasteiger partial charge in [0.05, 0.1) is 6.61 Å². The molecule has 0 aliphatic rings. The highest BCUT2D eigenvalue weighted by molar-refractivity contribution is 6.07. The first kappa shape index (κ1) is 21.3. The number of unbranched alkanes of at least 4 members (excludes halogenated alkanes) is 1. The van der Waals surface area contributed by atoms with Gasteiger partial charge in [0.1, 0.15) is 17.5 Å². The molecule has 28 heavy (non-hydrogen) atoms. The molecule has 0 saturated heterocycles. The normalized spacial score (nSPS) is 10.9. The second-order valence-electron chi connectivity index (χ2n) is 6.11. The molecule has 1 amide bonds. The second-order valence-corrected chi connectivity index (χ2v) is 6.11. The maximum atomic E-state index is 13.5. The summed E-state index contributed by atoms with van der Waals surface area (Å²) in [6, 6.07) is 2.33. The highest BCUT2D eigenvalue weighted by atomic mass is 19.1. The zero-order chi connectivity index (χ0) is 20.8. The van der Waals surface area contributed by atoms with Crippen LogP contribution in [0.25, 0.3) is 0 Å². The van der Waals surface area contributed by atoms with Gasteiger partial charge in [-0.25, -0.2) is 13.6 Å². The maximum absolute atomic E-state index is 13.5. The Morgan fingerprint density at radius 3 is 2.46 bits per heavy atom. The highest BCUT2D eigenvalue weighted by Crippen LogP contribution is 2.20. The number of hydrogen-bond acceptors (Lipinski definition) is 5. The molecule has 1 aromatic carbocycles. The summed E-state index contributed by atoms with van der Waals surface area (Å²) in [5, 5.41) is 0. The number of anilines is 2. The van der Waals surface area contributed by atoms with Gasteiger partial charge in [-0.3, -0.25) is 24.0 Å². The predicted molar refractivity (Wildman–Crippen MR) is 101 cm³/mol. The van der Waals surface area contributed by atoms with E-state index in [4.69, 9.17) is 10.5 Å². The number of carbonyl (C=O) groups is 1. The number of nitrogens with zero attached hydrogens (tertiary/aromatic N) is 2. The Labute approximate surface area is 159 Å². The van der Waals surface area contributed by atoms with Crippen molar-refractivity contribution in [1.82, 2.24) is 9.55 Å². The van der Waals surface area contributed by atoms with Crippen molar-refractivity contribution in [2.24, 2.45) is 0 Å². The zero-order valence-electron chi connectivity index (χ0n) is 15.6. The van der Waals surface area contributed by atoms with E-state index in [2.05, 4.69) is 4.98 Å². The number of H-pyrrole nitrogens is 1. The molecule has 1 heterocycles. The first-order chi connectivity index (χ1) is 13.3. The number of nitrogen functional groups attached to an aromatic ring is 1. The van der Waals surface area contributed by atoms with Crippen molar-refractivity contribution in [2.75, 3.05) is 30.9 Å². The van der Waals surface area contributed by atoms with Crippen molar-refractivity contribution in [1.29, 1.82) is 0 Å². The first-order valence-corrected chi connectivity index (χ1v) is 8.69. The molecule has 3 N–H and O–H groups in total. The molecule has 152 valence electrons. The third kappa shape index (κ3) is 4.63. The van der Waals surface area contributed by atoms with E-state index >= 15 is 0 Å². The van der Waals surface area contributed by atoms with E-state index in [0.717, 1.165) is 28.0 Å². The average Bonchev–Trinajstić information content (AvgIpc) is 2.62. The Morgan fingerprint density at radius 2 is 1.89 bits per heavy atom. The number of halogens is 2. The molecule has 2 rings (SSSR count). The van der Waals surface area contributed by atoms with Crippen LogP contribution in [0, 0.1) is 11.6 Å². The molecule has 0 bridgehead atoms. The molecule has 0 fully saturated rings. The molecule has 0 spiro atoms. The lowest BCUT2D eigenvalue weighted by Crippen LogP contribution is -2.42. The van der Waals surface area contributed by atoms with Crippen LogP contribution in [0.4, 0.5) is 20.3 Å². The van der Waals surface area contributed by atoms with Crippen LogP contribution < -0.4 is 21.9 Å². The van der Waals surface area contributed by atoms with Gasteiger partial charge in [0.25, 0.3) is 11.5 Å². The molecule has 0 aliphatic heterocycles. The molecule has 0 aliphatic carbocycles. The summed E-state index contributed by atoms with van der Waals surface area (Å²) in [4.78, 5) is 40.5. The minimum Gasteiger partial charge on any atom is -0.383 e. The number of benzene rings is 1. The van der Waals surface area contributed by atoms with E-state index in [0.29, 0.717) is 12.5 Å². The summed E-state index contributed by atoms with van der Waals surface area (Å²) >= 11 is 0. The minimum absolute atomic E-state index is 0.0243. The van der Waals surface area contributed by atoms with Crippen LogP contribution in [0.5, 0.6) is 0 Å². The molecule has 1 aromatic heterocycles. The van der Waals surface area contributed by atoms with Gasteiger partial charge in [-0.2, -0.15) is 0 Å². The van der Waals surface area contributed by atoms with E-state index in [1.165, 1.54) is 7.11 Å². The van der Waals surface area contributed by atoms with Gasteiger partial charge in [-0.15, -0.1) is 0 Å². The highest BCUT2D eigenvalue weighted by Gasteiger charge is 2.25. The van der Waals surface area contributed by atoms with Crippen LogP contribution in [0.3, 0.4) is 0 Å². The van der Waals surface area contributed by atoms with E-state index in [1.807, 2.05) is 6.92 Å². The largest absolute Gasteiger partial charge is 0.383 e. The van der Waals surface area contributed by atoms with Crippen molar-refractivity contribution in [2.45, 2.75) is 26.3 Å². The van der Waals surface area contributed by atoms with Crippen LogP contribution in [-0.4, -0.2) is 35.7 Å². The SMILES string of the molecule is CCCCn1c(N)c(N(CCOC)C(=O)c2cc(F)cc(F)c2)c(=O)[nH]c1=O.